The van der Waals surface area contributed by atoms with E-state index in [-0.39, 0.29) is 0 Å². The first-order valence-electron chi connectivity index (χ1n) is 6.56. The highest BCUT2D eigenvalue weighted by Gasteiger charge is 2.30. The van der Waals surface area contributed by atoms with Crippen LogP contribution in [0.4, 0.5) is 5.69 Å². The molecule has 1 aliphatic carbocycles. The summed E-state index contributed by atoms with van der Waals surface area (Å²) < 4.78 is 0. The van der Waals surface area contributed by atoms with Gasteiger partial charge >= 0.3 is 0 Å². The van der Waals surface area contributed by atoms with Gasteiger partial charge in [0.2, 0.25) is 0 Å². The van der Waals surface area contributed by atoms with Gasteiger partial charge in [-0.1, -0.05) is 13.3 Å². The number of benzene rings is 1. The van der Waals surface area contributed by atoms with Crippen molar-refractivity contribution in [2.75, 3.05) is 11.4 Å². The molecular formula is C15H18N2O. The van der Waals surface area contributed by atoms with Gasteiger partial charge in [-0.2, -0.15) is 5.26 Å². The number of nitriles is 1. The molecule has 0 unspecified atom stereocenters. The molecule has 1 aliphatic rings. The van der Waals surface area contributed by atoms with E-state index in [1.165, 1.54) is 12.8 Å². The number of aldehydes is 1. The Labute approximate surface area is 108 Å². The first kappa shape index (κ1) is 12.6. The van der Waals surface area contributed by atoms with Gasteiger partial charge in [-0.05, 0) is 37.5 Å². The Kier molecular flexibility index (Phi) is 3.99. The van der Waals surface area contributed by atoms with Gasteiger partial charge in [0.15, 0.2) is 0 Å². The van der Waals surface area contributed by atoms with Crippen molar-refractivity contribution in [3.63, 3.8) is 0 Å². The number of carbonyl (C=O) groups excluding carboxylic acids is 1. The van der Waals surface area contributed by atoms with Crippen molar-refractivity contribution in [3.05, 3.63) is 29.3 Å². The lowest BCUT2D eigenvalue weighted by Gasteiger charge is -2.25. The zero-order chi connectivity index (χ0) is 13.0. The molecule has 0 radical (unpaired) electrons. The van der Waals surface area contributed by atoms with Crippen molar-refractivity contribution in [2.24, 2.45) is 0 Å². The minimum absolute atomic E-state index is 0.571. The third kappa shape index (κ3) is 2.70. The molecule has 0 amide bonds. The largest absolute Gasteiger partial charge is 0.367 e. The monoisotopic (exact) mass is 242 g/mol. The summed E-state index contributed by atoms with van der Waals surface area (Å²) in [4.78, 5) is 13.1. The van der Waals surface area contributed by atoms with Crippen LogP contribution in [0.3, 0.4) is 0 Å². The predicted molar refractivity (Wildman–Crippen MR) is 71.8 cm³/mol. The van der Waals surface area contributed by atoms with Gasteiger partial charge in [0.1, 0.15) is 12.4 Å². The fraction of sp³-hybridized carbons (Fsp3) is 0.467. The maximum absolute atomic E-state index is 10.8. The van der Waals surface area contributed by atoms with Crippen LogP contribution in [0, 0.1) is 11.3 Å². The Morgan fingerprint density at radius 2 is 2.28 bits per heavy atom. The fourth-order valence-corrected chi connectivity index (χ4v) is 2.18. The number of carbonyl (C=O) groups is 1. The van der Waals surface area contributed by atoms with E-state index >= 15 is 0 Å². The first-order valence-corrected chi connectivity index (χ1v) is 6.56. The van der Waals surface area contributed by atoms with E-state index in [1.54, 1.807) is 12.1 Å². The normalized spacial score (nSPS) is 14.0. The standard InChI is InChI=1S/C15H18N2O/c1-2-3-8-17(14-5-6-14)15-7-4-12(11-18)9-13(15)10-16/h4,7,9,11,14H,2-3,5-6,8H2,1H3. The van der Waals surface area contributed by atoms with Crippen molar-refractivity contribution in [1.82, 2.24) is 0 Å². The molecule has 1 fully saturated rings. The van der Waals surface area contributed by atoms with E-state index in [1.807, 2.05) is 6.07 Å². The van der Waals surface area contributed by atoms with Crippen molar-refractivity contribution >= 4 is 12.0 Å². The molecule has 3 nitrogen and oxygen atoms in total. The molecule has 3 heteroatoms. The lowest BCUT2D eigenvalue weighted by atomic mass is 10.1. The quantitative estimate of drug-likeness (QED) is 0.720. The van der Waals surface area contributed by atoms with Crippen LogP contribution in [0.2, 0.25) is 0 Å². The molecule has 0 heterocycles. The highest BCUT2D eigenvalue weighted by molar-refractivity contribution is 5.78. The van der Waals surface area contributed by atoms with Crippen LogP contribution in [0.25, 0.3) is 0 Å². The third-order valence-corrected chi connectivity index (χ3v) is 3.33. The number of hydrogen-bond acceptors (Lipinski definition) is 3. The molecule has 1 saturated carbocycles. The van der Waals surface area contributed by atoms with Crippen molar-refractivity contribution in [3.8, 4) is 6.07 Å². The van der Waals surface area contributed by atoms with Gasteiger partial charge in [0.05, 0.1) is 11.3 Å². The van der Waals surface area contributed by atoms with Gasteiger partial charge in [0.25, 0.3) is 0 Å². The lowest BCUT2D eigenvalue weighted by Crippen LogP contribution is -2.27. The van der Waals surface area contributed by atoms with E-state index < -0.39 is 0 Å². The molecule has 0 saturated heterocycles. The van der Waals surface area contributed by atoms with Crippen molar-refractivity contribution in [1.29, 1.82) is 5.26 Å². The van der Waals surface area contributed by atoms with E-state index in [2.05, 4.69) is 17.9 Å². The van der Waals surface area contributed by atoms with Crippen LogP contribution in [0.5, 0.6) is 0 Å². The molecule has 18 heavy (non-hydrogen) atoms. The summed E-state index contributed by atoms with van der Waals surface area (Å²) in [6.07, 6.45) is 5.50. The van der Waals surface area contributed by atoms with Crippen LogP contribution < -0.4 is 4.90 Å². The average molecular weight is 242 g/mol. The van der Waals surface area contributed by atoms with Gasteiger partial charge in [-0.25, -0.2) is 0 Å². The van der Waals surface area contributed by atoms with E-state index in [0.717, 1.165) is 31.4 Å². The Morgan fingerprint density at radius 1 is 1.50 bits per heavy atom. The molecule has 0 aromatic heterocycles. The van der Waals surface area contributed by atoms with Crippen LogP contribution in [-0.2, 0) is 0 Å². The molecule has 0 atom stereocenters. The van der Waals surface area contributed by atoms with Gasteiger partial charge < -0.3 is 4.90 Å². The zero-order valence-electron chi connectivity index (χ0n) is 10.7. The fourth-order valence-electron chi connectivity index (χ4n) is 2.18. The second-order valence-electron chi connectivity index (χ2n) is 4.78. The minimum atomic E-state index is 0.571. The molecule has 94 valence electrons. The lowest BCUT2D eigenvalue weighted by molar-refractivity contribution is 0.112. The average Bonchev–Trinajstić information content (AvgIpc) is 3.24. The second-order valence-corrected chi connectivity index (χ2v) is 4.78. The van der Waals surface area contributed by atoms with Crippen molar-refractivity contribution in [2.45, 2.75) is 38.6 Å². The number of anilines is 1. The summed E-state index contributed by atoms with van der Waals surface area (Å²) in [6.45, 7) is 3.17. The molecule has 0 aliphatic heterocycles. The maximum atomic E-state index is 10.8. The summed E-state index contributed by atoms with van der Waals surface area (Å²) in [7, 11) is 0. The van der Waals surface area contributed by atoms with Gasteiger partial charge in [-0.3, -0.25) is 4.79 Å². The highest BCUT2D eigenvalue weighted by Crippen LogP contribution is 2.33. The summed E-state index contributed by atoms with van der Waals surface area (Å²) in [6, 6.07) is 8.19. The Bertz CT molecular complexity index is 472. The van der Waals surface area contributed by atoms with E-state index in [0.29, 0.717) is 17.2 Å². The van der Waals surface area contributed by atoms with Crippen LogP contribution in [-0.4, -0.2) is 18.9 Å². The smallest absolute Gasteiger partial charge is 0.150 e. The Balaban J connectivity index is 2.28. The topological polar surface area (TPSA) is 44.1 Å². The summed E-state index contributed by atoms with van der Waals surface area (Å²) in [5, 5.41) is 9.22. The van der Waals surface area contributed by atoms with Crippen molar-refractivity contribution < 1.29 is 4.79 Å². The second kappa shape index (κ2) is 5.68. The molecule has 0 bridgehead atoms. The van der Waals surface area contributed by atoms with E-state index in [9.17, 15) is 10.1 Å². The summed E-state index contributed by atoms with van der Waals surface area (Å²) in [5.41, 5.74) is 2.17. The molecule has 2 rings (SSSR count). The number of hydrogen-bond donors (Lipinski definition) is 0. The van der Waals surface area contributed by atoms with Gasteiger partial charge in [0, 0.05) is 18.2 Å². The minimum Gasteiger partial charge on any atom is -0.367 e. The first-order chi connectivity index (χ1) is 8.80. The predicted octanol–water partition coefficient (Wildman–Crippen LogP) is 3.14. The maximum Gasteiger partial charge on any atom is 0.150 e. The zero-order valence-corrected chi connectivity index (χ0v) is 10.7. The molecule has 1 aromatic rings. The van der Waals surface area contributed by atoms with Crippen LogP contribution in [0.1, 0.15) is 48.5 Å². The highest BCUT2D eigenvalue weighted by atomic mass is 16.1. The molecule has 1 aromatic carbocycles. The molecule has 0 N–H and O–H groups in total. The molecular weight excluding hydrogens is 224 g/mol. The number of rotatable bonds is 6. The Morgan fingerprint density at radius 3 is 2.83 bits per heavy atom. The summed E-state index contributed by atoms with van der Waals surface area (Å²) >= 11 is 0. The summed E-state index contributed by atoms with van der Waals surface area (Å²) in [5.74, 6) is 0. The molecule has 0 spiro atoms. The number of unbranched alkanes of at least 4 members (excludes halogenated alkanes) is 1. The van der Waals surface area contributed by atoms with E-state index in [4.69, 9.17) is 0 Å². The van der Waals surface area contributed by atoms with Gasteiger partial charge in [-0.15, -0.1) is 0 Å². The SMILES string of the molecule is CCCCN(c1ccc(C=O)cc1C#N)C1CC1. The number of nitrogens with zero attached hydrogens (tertiary/aromatic N) is 2. The Hall–Kier alpha value is -1.82. The van der Waals surface area contributed by atoms with Crippen LogP contribution >= 0.6 is 0 Å². The van der Waals surface area contributed by atoms with Crippen LogP contribution in [0.15, 0.2) is 18.2 Å². The third-order valence-electron chi connectivity index (χ3n) is 3.33.